The lowest BCUT2D eigenvalue weighted by Gasteiger charge is -2.46. The van der Waals surface area contributed by atoms with E-state index in [4.69, 9.17) is 9.47 Å². The molecule has 4 rings (SSSR count). The lowest BCUT2D eigenvalue weighted by molar-refractivity contribution is 0.0352. The Morgan fingerprint density at radius 3 is 2.58 bits per heavy atom. The minimum Gasteiger partial charge on any atom is -0.444 e. The zero-order valence-corrected chi connectivity index (χ0v) is 21.9. The van der Waals surface area contributed by atoms with Crippen LogP contribution in [0, 0.1) is 11.6 Å². The van der Waals surface area contributed by atoms with Gasteiger partial charge in [0.25, 0.3) is 5.91 Å². The van der Waals surface area contributed by atoms with Crippen molar-refractivity contribution >= 4 is 33.7 Å². The van der Waals surface area contributed by atoms with Crippen molar-refractivity contribution in [1.29, 1.82) is 0 Å². The van der Waals surface area contributed by atoms with Crippen molar-refractivity contribution < 1.29 is 36.3 Å². The minimum atomic E-state index is -4.15. The molecule has 1 fully saturated rings. The summed E-state index contributed by atoms with van der Waals surface area (Å²) in [6.07, 6.45) is -0.0617. The van der Waals surface area contributed by atoms with Crippen molar-refractivity contribution in [2.75, 3.05) is 25.6 Å². The molecule has 2 amide bonds. The molecule has 38 heavy (non-hydrogen) atoms. The van der Waals surface area contributed by atoms with E-state index in [-0.39, 0.29) is 42.5 Å². The van der Waals surface area contributed by atoms with Crippen molar-refractivity contribution in [3.05, 3.63) is 59.4 Å². The molecular formula is C24H27F2N5O6S. The number of pyridine rings is 1. The van der Waals surface area contributed by atoms with Crippen LogP contribution in [-0.2, 0) is 25.0 Å². The SMILES string of the molecule is CN1C(NC(=O)OC(C)(C)C)=N[C@@]2(c3cc(NC(=O)c4ccc(F)cn4)ccc3F)COCCC2S1(=O)=O. The van der Waals surface area contributed by atoms with Crippen molar-refractivity contribution in [3.63, 3.8) is 0 Å². The highest BCUT2D eigenvalue weighted by Crippen LogP contribution is 2.44. The number of hydrogen-bond acceptors (Lipinski definition) is 8. The first-order valence-corrected chi connectivity index (χ1v) is 13.1. The second-order valence-electron chi connectivity index (χ2n) is 9.84. The maximum atomic E-state index is 15.4. The molecule has 1 aromatic carbocycles. The molecule has 2 atom stereocenters. The van der Waals surface area contributed by atoms with Gasteiger partial charge in [-0.05, 0) is 57.5 Å². The summed E-state index contributed by atoms with van der Waals surface area (Å²) in [5.74, 6) is -2.47. The van der Waals surface area contributed by atoms with E-state index in [1.54, 1.807) is 20.8 Å². The average Bonchev–Trinajstić information content (AvgIpc) is 2.83. The van der Waals surface area contributed by atoms with Gasteiger partial charge in [0.05, 0.1) is 12.8 Å². The van der Waals surface area contributed by atoms with Crippen LogP contribution in [0.1, 0.15) is 43.2 Å². The number of alkyl carbamates (subject to hydrolysis) is 1. The Labute approximate surface area is 218 Å². The normalized spacial score (nSPS) is 22.6. The van der Waals surface area contributed by atoms with E-state index in [0.29, 0.717) is 0 Å². The van der Waals surface area contributed by atoms with Gasteiger partial charge in [0.2, 0.25) is 16.0 Å². The predicted molar refractivity (Wildman–Crippen MR) is 133 cm³/mol. The number of anilines is 1. The minimum absolute atomic E-state index is 0.00537. The molecule has 0 radical (unpaired) electrons. The second kappa shape index (κ2) is 9.91. The number of carbonyl (C=O) groups excluding carboxylic acids is 2. The molecular weight excluding hydrogens is 524 g/mol. The molecule has 2 aliphatic heterocycles. The topological polar surface area (TPSA) is 139 Å². The molecule has 1 aromatic heterocycles. The maximum Gasteiger partial charge on any atom is 0.414 e. The van der Waals surface area contributed by atoms with Gasteiger partial charge in [0.15, 0.2) is 0 Å². The molecule has 3 heterocycles. The summed E-state index contributed by atoms with van der Waals surface area (Å²) >= 11 is 0. The third kappa shape index (κ3) is 5.31. The quantitative estimate of drug-likeness (QED) is 0.598. The fourth-order valence-corrected chi connectivity index (χ4v) is 6.12. The number of fused-ring (bicyclic) bond motifs is 1. The molecule has 14 heteroatoms. The number of guanidine groups is 1. The van der Waals surface area contributed by atoms with E-state index in [0.717, 1.165) is 22.6 Å². The Balaban J connectivity index is 1.77. The Bertz CT molecular complexity index is 1390. The zero-order chi connectivity index (χ0) is 27.9. The molecule has 0 bridgehead atoms. The highest BCUT2D eigenvalue weighted by Gasteiger charge is 2.56. The first-order valence-electron chi connectivity index (χ1n) is 11.6. The number of carbonyl (C=O) groups is 2. The number of halogens is 2. The van der Waals surface area contributed by atoms with E-state index in [9.17, 15) is 22.4 Å². The van der Waals surface area contributed by atoms with Crippen LogP contribution in [0.25, 0.3) is 0 Å². The van der Waals surface area contributed by atoms with Gasteiger partial charge in [-0.15, -0.1) is 0 Å². The number of nitrogens with one attached hydrogen (secondary N) is 2. The van der Waals surface area contributed by atoms with Crippen molar-refractivity contribution in [3.8, 4) is 0 Å². The van der Waals surface area contributed by atoms with Crippen molar-refractivity contribution in [2.24, 2.45) is 4.99 Å². The molecule has 2 aliphatic rings. The summed E-state index contributed by atoms with van der Waals surface area (Å²) in [5, 5.41) is 3.67. The molecule has 1 saturated heterocycles. The molecule has 0 spiro atoms. The molecule has 0 aliphatic carbocycles. The van der Waals surface area contributed by atoms with Gasteiger partial charge in [-0.1, -0.05) is 0 Å². The number of nitrogens with zero attached hydrogens (tertiary/aromatic N) is 3. The van der Waals surface area contributed by atoms with E-state index in [1.807, 2.05) is 0 Å². The zero-order valence-electron chi connectivity index (χ0n) is 21.1. The third-order valence-electron chi connectivity index (χ3n) is 5.99. The molecule has 204 valence electrons. The summed E-state index contributed by atoms with van der Waals surface area (Å²) in [5.41, 5.74) is -2.79. The summed E-state index contributed by atoms with van der Waals surface area (Å²) in [6, 6.07) is 5.85. The van der Waals surface area contributed by atoms with Gasteiger partial charge in [0, 0.05) is 24.9 Å². The van der Waals surface area contributed by atoms with Gasteiger partial charge in [0.1, 0.15) is 33.7 Å². The van der Waals surface area contributed by atoms with E-state index in [2.05, 4.69) is 20.6 Å². The predicted octanol–water partition coefficient (Wildman–Crippen LogP) is 2.75. The van der Waals surface area contributed by atoms with Crippen molar-refractivity contribution in [2.45, 2.75) is 43.6 Å². The number of aromatic nitrogens is 1. The number of sulfonamides is 1. The number of ether oxygens (including phenoxy) is 2. The first-order chi connectivity index (χ1) is 17.7. The largest absolute Gasteiger partial charge is 0.444 e. The van der Waals surface area contributed by atoms with Crippen molar-refractivity contribution in [1.82, 2.24) is 14.6 Å². The molecule has 0 saturated carbocycles. The molecule has 2 N–H and O–H groups in total. The van der Waals surface area contributed by atoms with Crippen LogP contribution in [-0.4, -0.2) is 66.8 Å². The first kappa shape index (κ1) is 27.4. The van der Waals surface area contributed by atoms with Crippen LogP contribution < -0.4 is 10.6 Å². The smallest absolute Gasteiger partial charge is 0.414 e. The van der Waals surface area contributed by atoms with Crippen LogP contribution >= 0.6 is 0 Å². The number of rotatable bonds is 3. The second-order valence-corrected chi connectivity index (χ2v) is 12.0. The third-order valence-corrected chi connectivity index (χ3v) is 8.27. The van der Waals surface area contributed by atoms with Gasteiger partial charge in [-0.3, -0.25) is 10.1 Å². The van der Waals surface area contributed by atoms with Crippen LogP contribution in [0.3, 0.4) is 0 Å². The monoisotopic (exact) mass is 551 g/mol. The molecule has 1 unspecified atom stereocenters. The summed E-state index contributed by atoms with van der Waals surface area (Å²) in [6.45, 7) is 4.70. The Hall–Kier alpha value is -3.65. The Morgan fingerprint density at radius 1 is 1.18 bits per heavy atom. The van der Waals surface area contributed by atoms with E-state index >= 15 is 4.39 Å². The molecule has 2 aromatic rings. The summed E-state index contributed by atoms with van der Waals surface area (Å²) < 4.78 is 67.3. The maximum absolute atomic E-state index is 15.4. The number of hydrogen-bond donors (Lipinski definition) is 2. The number of aliphatic imine (C=N–C) groups is 1. The van der Waals surface area contributed by atoms with Crippen LogP contribution in [0.15, 0.2) is 41.5 Å². The highest BCUT2D eigenvalue weighted by atomic mass is 32.2. The van der Waals surface area contributed by atoms with Crippen LogP contribution in [0.2, 0.25) is 0 Å². The number of benzene rings is 1. The lowest BCUT2D eigenvalue weighted by Crippen LogP contribution is -2.62. The standard InChI is InChI=1S/C24H27F2N5O6S/c1-23(2,3)37-22(33)29-21-30-24(13-36-10-9-19(24)38(34,35)31(21)4)16-11-15(6-7-17(16)26)28-20(32)18-8-5-14(25)12-27-18/h5-8,11-12,19H,9-10,13H2,1-4H3,(H,28,32)(H,29,30,33)/t19?,24-/m1/s1. The fourth-order valence-electron chi connectivity index (χ4n) is 4.27. The van der Waals surface area contributed by atoms with Crippen LogP contribution in [0.5, 0.6) is 0 Å². The summed E-state index contributed by atoms with van der Waals surface area (Å²) in [4.78, 5) is 33.3. The fraction of sp³-hybridized carbons (Fsp3) is 0.417. The van der Waals surface area contributed by atoms with Crippen LogP contribution in [0.4, 0.5) is 19.3 Å². The average molecular weight is 552 g/mol. The van der Waals surface area contributed by atoms with Gasteiger partial charge in [-0.25, -0.2) is 36.3 Å². The Morgan fingerprint density at radius 2 is 1.92 bits per heavy atom. The van der Waals surface area contributed by atoms with E-state index in [1.165, 1.54) is 25.2 Å². The van der Waals surface area contributed by atoms with Gasteiger partial charge < -0.3 is 14.8 Å². The van der Waals surface area contributed by atoms with Gasteiger partial charge in [-0.2, -0.15) is 0 Å². The molecule has 11 nitrogen and oxygen atoms in total. The Kier molecular flexibility index (Phi) is 7.14. The van der Waals surface area contributed by atoms with E-state index < -0.39 is 50.0 Å². The summed E-state index contributed by atoms with van der Waals surface area (Å²) in [7, 11) is -2.92. The number of amides is 2. The lowest BCUT2D eigenvalue weighted by atomic mass is 9.84. The van der Waals surface area contributed by atoms with Gasteiger partial charge >= 0.3 is 6.09 Å². The highest BCUT2D eigenvalue weighted by molar-refractivity contribution is 7.90.